The Morgan fingerprint density at radius 2 is 2.09 bits per heavy atom. The summed E-state index contributed by atoms with van der Waals surface area (Å²) in [5.74, 6) is -0.345. The van der Waals surface area contributed by atoms with Crippen molar-refractivity contribution < 1.29 is 4.39 Å². The molecule has 0 aliphatic rings. The summed E-state index contributed by atoms with van der Waals surface area (Å²) < 4.78 is 12.8. The molecule has 11 heavy (non-hydrogen) atoms. The molecular formula is C8H8ClFS. The predicted molar refractivity (Wildman–Crippen MR) is 47.9 cm³/mol. The molecule has 0 amide bonds. The van der Waals surface area contributed by atoms with Crippen LogP contribution < -0.4 is 0 Å². The van der Waals surface area contributed by atoms with Gasteiger partial charge >= 0.3 is 0 Å². The van der Waals surface area contributed by atoms with Crippen LogP contribution in [0.2, 0.25) is 5.02 Å². The van der Waals surface area contributed by atoms with Gasteiger partial charge in [-0.1, -0.05) is 11.6 Å². The zero-order valence-electron chi connectivity index (χ0n) is 6.32. The van der Waals surface area contributed by atoms with Crippen LogP contribution >= 0.6 is 23.4 Å². The van der Waals surface area contributed by atoms with E-state index in [0.29, 0.717) is 0 Å². The second-order valence-corrected chi connectivity index (χ2v) is 3.41. The van der Waals surface area contributed by atoms with Crippen molar-refractivity contribution in [2.45, 2.75) is 11.8 Å². The molecule has 0 aliphatic carbocycles. The minimum Gasteiger partial charge on any atom is -0.205 e. The van der Waals surface area contributed by atoms with Gasteiger partial charge in [0.2, 0.25) is 0 Å². The third-order valence-electron chi connectivity index (χ3n) is 1.51. The van der Waals surface area contributed by atoms with Crippen molar-refractivity contribution in [3.63, 3.8) is 0 Å². The minimum atomic E-state index is -0.345. The average molecular weight is 191 g/mol. The first kappa shape index (κ1) is 8.88. The number of rotatable bonds is 1. The monoisotopic (exact) mass is 190 g/mol. The van der Waals surface area contributed by atoms with E-state index < -0.39 is 0 Å². The zero-order chi connectivity index (χ0) is 8.43. The Hall–Kier alpha value is -0.210. The van der Waals surface area contributed by atoms with Crippen LogP contribution in [0.15, 0.2) is 17.0 Å². The molecule has 0 aromatic heterocycles. The van der Waals surface area contributed by atoms with Crippen molar-refractivity contribution in [3.05, 3.63) is 28.5 Å². The average Bonchev–Trinajstić information content (AvgIpc) is 2.01. The van der Waals surface area contributed by atoms with Crippen LogP contribution in [0.25, 0.3) is 0 Å². The third kappa shape index (κ3) is 1.68. The van der Waals surface area contributed by atoms with Crippen LogP contribution in [-0.2, 0) is 0 Å². The van der Waals surface area contributed by atoms with Crippen molar-refractivity contribution in [1.82, 2.24) is 0 Å². The van der Waals surface area contributed by atoms with Crippen molar-refractivity contribution >= 4 is 23.4 Å². The van der Waals surface area contributed by atoms with E-state index in [1.807, 2.05) is 13.2 Å². The summed E-state index contributed by atoms with van der Waals surface area (Å²) in [7, 11) is 0. The Balaban J connectivity index is 3.25. The van der Waals surface area contributed by atoms with Crippen LogP contribution in [0.1, 0.15) is 5.56 Å². The lowest BCUT2D eigenvalue weighted by Gasteiger charge is -2.03. The van der Waals surface area contributed by atoms with E-state index >= 15 is 0 Å². The highest BCUT2D eigenvalue weighted by molar-refractivity contribution is 7.98. The van der Waals surface area contributed by atoms with Gasteiger partial charge in [-0.15, -0.1) is 11.8 Å². The third-order valence-corrected chi connectivity index (χ3v) is 2.86. The van der Waals surface area contributed by atoms with Crippen molar-refractivity contribution in [2.24, 2.45) is 0 Å². The molecule has 1 rings (SSSR count). The lowest BCUT2D eigenvalue weighted by Crippen LogP contribution is -1.84. The molecule has 1 aromatic rings. The first-order valence-electron chi connectivity index (χ1n) is 3.15. The van der Waals surface area contributed by atoms with Gasteiger partial charge in [0.15, 0.2) is 0 Å². The summed E-state index contributed by atoms with van der Waals surface area (Å²) in [6, 6.07) is 3.13. The maximum Gasteiger partial charge on any atom is 0.142 e. The fourth-order valence-electron chi connectivity index (χ4n) is 0.855. The van der Waals surface area contributed by atoms with Gasteiger partial charge < -0.3 is 0 Å². The SMILES string of the molecule is CSc1ccc(F)c(Cl)c1C. The van der Waals surface area contributed by atoms with Crippen LogP contribution in [0.5, 0.6) is 0 Å². The lowest BCUT2D eigenvalue weighted by atomic mass is 10.2. The highest BCUT2D eigenvalue weighted by atomic mass is 35.5. The van der Waals surface area contributed by atoms with E-state index in [-0.39, 0.29) is 10.8 Å². The van der Waals surface area contributed by atoms with Gasteiger partial charge in [-0.25, -0.2) is 4.39 Å². The summed E-state index contributed by atoms with van der Waals surface area (Å²) in [5.41, 5.74) is 0.819. The van der Waals surface area contributed by atoms with Gasteiger partial charge in [-0.3, -0.25) is 0 Å². The molecule has 1 aromatic carbocycles. The van der Waals surface area contributed by atoms with Crippen LogP contribution in [-0.4, -0.2) is 6.26 Å². The summed E-state index contributed by atoms with van der Waals surface area (Å²) in [6.45, 7) is 1.82. The van der Waals surface area contributed by atoms with Gasteiger partial charge in [0.25, 0.3) is 0 Å². The molecule has 0 saturated heterocycles. The summed E-state index contributed by atoms with van der Waals surface area (Å²) in [4.78, 5) is 1.02. The molecule has 3 heteroatoms. The second kappa shape index (κ2) is 3.46. The van der Waals surface area contributed by atoms with Gasteiger partial charge in [0, 0.05) is 4.90 Å². The first-order chi connectivity index (χ1) is 5.16. The fourth-order valence-corrected chi connectivity index (χ4v) is 1.69. The Morgan fingerprint density at radius 1 is 1.45 bits per heavy atom. The lowest BCUT2D eigenvalue weighted by molar-refractivity contribution is 0.625. The van der Waals surface area contributed by atoms with E-state index in [1.165, 1.54) is 6.07 Å². The standard InChI is InChI=1S/C8H8ClFS/c1-5-7(11-2)4-3-6(10)8(5)9/h3-4H,1-2H3. The number of hydrogen-bond acceptors (Lipinski definition) is 1. The molecule has 0 spiro atoms. The molecule has 0 aliphatic heterocycles. The Kier molecular flexibility index (Phi) is 2.79. The molecule has 0 fully saturated rings. The Bertz CT molecular complexity index is 273. The van der Waals surface area contributed by atoms with Gasteiger partial charge in [-0.2, -0.15) is 0 Å². The van der Waals surface area contributed by atoms with Crippen molar-refractivity contribution in [1.29, 1.82) is 0 Å². The molecule has 60 valence electrons. The Morgan fingerprint density at radius 3 is 2.64 bits per heavy atom. The molecule has 0 heterocycles. The highest BCUT2D eigenvalue weighted by Gasteiger charge is 2.05. The largest absolute Gasteiger partial charge is 0.205 e. The van der Waals surface area contributed by atoms with Crippen LogP contribution in [0.4, 0.5) is 4.39 Å². The first-order valence-corrected chi connectivity index (χ1v) is 4.75. The molecule has 0 saturated carbocycles. The van der Waals surface area contributed by atoms with Gasteiger partial charge in [0.1, 0.15) is 5.82 Å². The van der Waals surface area contributed by atoms with Crippen molar-refractivity contribution in [3.8, 4) is 0 Å². The summed E-state index contributed by atoms with van der Waals surface area (Å²) in [6.07, 6.45) is 1.94. The van der Waals surface area contributed by atoms with Crippen LogP contribution in [0.3, 0.4) is 0 Å². The topological polar surface area (TPSA) is 0 Å². The number of halogens is 2. The van der Waals surface area contributed by atoms with Gasteiger partial charge in [-0.05, 0) is 30.9 Å². The molecule has 0 nitrogen and oxygen atoms in total. The molecular weight excluding hydrogens is 183 g/mol. The number of thioether (sulfide) groups is 1. The van der Waals surface area contributed by atoms with E-state index in [2.05, 4.69) is 0 Å². The molecule has 0 radical (unpaired) electrons. The smallest absolute Gasteiger partial charge is 0.142 e. The van der Waals surface area contributed by atoms with E-state index in [4.69, 9.17) is 11.6 Å². The zero-order valence-corrected chi connectivity index (χ0v) is 7.89. The maximum atomic E-state index is 12.8. The number of hydrogen-bond donors (Lipinski definition) is 0. The second-order valence-electron chi connectivity index (χ2n) is 2.19. The van der Waals surface area contributed by atoms with Crippen molar-refractivity contribution in [2.75, 3.05) is 6.26 Å². The fraction of sp³-hybridized carbons (Fsp3) is 0.250. The molecule has 0 N–H and O–H groups in total. The predicted octanol–water partition coefficient (Wildman–Crippen LogP) is 3.51. The van der Waals surface area contributed by atoms with E-state index in [1.54, 1.807) is 17.8 Å². The quantitative estimate of drug-likeness (QED) is 0.611. The summed E-state index contributed by atoms with van der Waals surface area (Å²) in [5, 5.41) is 0.233. The van der Waals surface area contributed by atoms with Crippen LogP contribution in [0, 0.1) is 12.7 Å². The minimum absolute atomic E-state index is 0.233. The maximum absolute atomic E-state index is 12.8. The molecule has 0 unspecified atom stereocenters. The Labute approximate surface area is 74.8 Å². The highest BCUT2D eigenvalue weighted by Crippen LogP contribution is 2.27. The normalized spacial score (nSPS) is 10.2. The molecule has 0 bridgehead atoms. The number of benzene rings is 1. The van der Waals surface area contributed by atoms with Gasteiger partial charge in [0.05, 0.1) is 5.02 Å². The summed E-state index contributed by atoms with van der Waals surface area (Å²) >= 11 is 7.24. The van der Waals surface area contributed by atoms with E-state index in [0.717, 1.165) is 10.5 Å². The van der Waals surface area contributed by atoms with E-state index in [9.17, 15) is 4.39 Å². The molecule has 0 atom stereocenters.